The number of benzene rings is 3. The number of amides is 1. The molecule has 0 aromatic heterocycles. The van der Waals surface area contributed by atoms with Crippen molar-refractivity contribution < 1.29 is 9.53 Å². The first kappa shape index (κ1) is 25.1. The van der Waals surface area contributed by atoms with Gasteiger partial charge in [-0.15, -0.1) is 0 Å². The SMILES string of the molecule is CC(C)(C)OC(=O)N1C[C@@H](Cc2ccccc2)[C@H](CN(Cc2ccccc2)c2ccc(Cl)cc2)C1. The molecule has 1 amide bonds. The van der Waals surface area contributed by atoms with Gasteiger partial charge in [-0.3, -0.25) is 0 Å². The van der Waals surface area contributed by atoms with Gasteiger partial charge in [0.05, 0.1) is 0 Å². The second-order valence-corrected chi connectivity index (χ2v) is 10.9. The lowest BCUT2D eigenvalue weighted by Crippen LogP contribution is -2.36. The van der Waals surface area contributed by atoms with Crippen molar-refractivity contribution in [2.75, 3.05) is 24.5 Å². The molecule has 0 bridgehead atoms. The predicted molar refractivity (Wildman–Crippen MR) is 144 cm³/mol. The fourth-order valence-electron chi connectivity index (χ4n) is 4.77. The number of carbonyl (C=O) groups excluding carboxylic acids is 1. The van der Waals surface area contributed by atoms with Crippen molar-refractivity contribution in [3.63, 3.8) is 0 Å². The number of rotatable bonds is 7. The highest BCUT2D eigenvalue weighted by Crippen LogP contribution is 2.31. The van der Waals surface area contributed by atoms with Crippen LogP contribution in [-0.2, 0) is 17.7 Å². The maximum atomic E-state index is 13.0. The molecule has 1 aliphatic rings. The summed E-state index contributed by atoms with van der Waals surface area (Å²) in [4.78, 5) is 17.3. The number of nitrogens with zero attached hydrogens (tertiary/aromatic N) is 2. The molecule has 3 aromatic carbocycles. The molecule has 1 heterocycles. The van der Waals surface area contributed by atoms with Gasteiger partial charge in [0.15, 0.2) is 0 Å². The van der Waals surface area contributed by atoms with Crippen LogP contribution in [0.15, 0.2) is 84.9 Å². The molecular formula is C30H35ClN2O2. The third kappa shape index (κ3) is 7.25. The molecule has 0 saturated carbocycles. The normalized spacial score (nSPS) is 17.9. The second-order valence-electron chi connectivity index (χ2n) is 10.4. The van der Waals surface area contributed by atoms with Gasteiger partial charge in [0.1, 0.15) is 5.60 Å². The van der Waals surface area contributed by atoms with Gasteiger partial charge < -0.3 is 14.5 Å². The molecule has 1 aliphatic heterocycles. The first-order chi connectivity index (χ1) is 16.8. The Kier molecular flexibility index (Phi) is 8.02. The molecule has 4 rings (SSSR count). The van der Waals surface area contributed by atoms with Crippen LogP contribution < -0.4 is 4.90 Å². The Labute approximate surface area is 214 Å². The van der Waals surface area contributed by atoms with Crippen molar-refractivity contribution in [2.24, 2.45) is 11.8 Å². The van der Waals surface area contributed by atoms with Crippen LogP contribution in [0.5, 0.6) is 0 Å². The van der Waals surface area contributed by atoms with Crippen molar-refractivity contribution in [3.8, 4) is 0 Å². The van der Waals surface area contributed by atoms with E-state index in [9.17, 15) is 4.79 Å². The third-order valence-corrected chi connectivity index (χ3v) is 6.68. The molecule has 0 N–H and O–H groups in total. The van der Waals surface area contributed by atoms with Crippen LogP contribution in [0.25, 0.3) is 0 Å². The summed E-state index contributed by atoms with van der Waals surface area (Å²) in [6, 6.07) is 29.1. The number of likely N-dealkylation sites (tertiary alicyclic amines) is 1. The lowest BCUT2D eigenvalue weighted by molar-refractivity contribution is 0.0284. The van der Waals surface area contributed by atoms with Gasteiger partial charge in [0.25, 0.3) is 0 Å². The monoisotopic (exact) mass is 490 g/mol. The van der Waals surface area contributed by atoms with Crippen LogP contribution in [0.2, 0.25) is 5.02 Å². The molecule has 2 atom stereocenters. The second kappa shape index (κ2) is 11.2. The summed E-state index contributed by atoms with van der Waals surface area (Å²) >= 11 is 6.19. The molecule has 1 saturated heterocycles. The van der Waals surface area contributed by atoms with E-state index in [0.29, 0.717) is 24.9 Å². The summed E-state index contributed by atoms with van der Waals surface area (Å²) in [7, 11) is 0. The van der Waals surface area contributed by atoms with Crippen LogP contribution in [0.3, 0.4) is 0 Å². The number of ether oxygens (including phenoxy) is 1. The molecule has 0 radical (unpaired) electrons. The Balaban J connectivity index is 1.58. The van der Waals surface area contributed by atoms with Crippen LogP contribution >= 0.6 is 11.6 Å². The zero-order valence-corrected chi connectivity index (χ0v) is 21.6. The Hall–Kier alpha value is -2.98. The number of carbonyl (C=O) groups is 1. The quantitative estimate of drug-likeness (QED) is 0.355. The largest absolute Gasteiger partial charge is 0.444 e. The number of hydrogen-bond donors (Lipinski definition) is 0. The summed E-state index contributed by atoms with van der Waals surface area (Å²) in [5, 5.41) is 0.729. The Morgan fingerprint density at radius 3 is 2.06 bits per heavy atom. The van der Waals surface area contributed by atoms with E-state index in [2.05, 4.69) is 65.6 Å². The number of anilines is 1. The lowest BCUT2D eigenvalue weighted by atomic mass is 9.89. The molecule has 0 unspecified atom stereocenters. The van der Waals surface area contributed by atoms with Gasteiger partial charge in [-0.1, -0.05) is 72.3 Å². The van der Waals surface area contributed by atoms with E-state index in [-0.39, 0.29) is 6.09 Å². The smallest absolute Gasteiger partial charge is 0.410 e. The minimum Gasteiger partial charge on any atom is -0.444 e. The van der Waals surface area contributed by atoms with Gasteiger partial charge in [-0.2, -0.15) is 0 Å². The molecule has 0 spiro atoms. The molecule has 184 valence electrons. The van der Waals surface area contributed by atoms with Crippen molar-refractivity contribution in [3.05, 3.63) is 101 Å². The van der Waals surface area contributed by atoms with Crippen LogP contribution in [-0.4, -0.2) is 36.2 Å². The standard InChI is InChI=1S/C30H35ClN2O2/c1-30(2,3)35-29(34)33-20-25(18-23-10-6-4-7-11-23)26(22-33)21-32(19-24-12-8-5-9-13-24)28-16-14-27(31)15-17-28/h4-17,25-26H,18-22H2,1-3H3/t25-,26-/m1/s1. The maximum absolute atomic E-state index is 13.0. The van der Waals surface area contributed by atoms with E-state index in [4.69, 9.17) is 16.3 Å². The summed E-state index contributed by atoms with van der Waals surface area (Å²) in [5.74, 6) is 0.651. The molecule has 4 nitrogen and oxygen atoms in total. The van der Waals surface area contributed by atoms with E-state index in [1.54, 1.807) is 0 Å². The van der Waals surface area contributed by atoms with Gasteiger partial charge in [0, 0.05) is 36.9 Å². The Bertz CT molecular complexity index is 1080. The van der Waals surface area contributed by atoms with E-state index in [1.807, 2.05) is 49.9 Å². The third-order valence-electron chi connectivity index (χ3n) is 6.43. The van der Waals surface area contributed by atoms with Crippen molar-refractivity contribution in [1.82, 2.24) is 4.90 Å². The lowest BCUT2D eigenvalue weighted by Gasteiger charge is -2.30. The molecule has 5 heteroatoms. The van der Waals surface area contributed by atoms with Gasteiger partial charge in [-0.25, -0.2) is 4.79 Å². The fourth-order valence-corrected chi connectivity index (χ4v) is 4.90. The van der Waals surface area contributed by atoms with Crippen molar-refractivity contribution >= 4 is 23.4 Å². The average Bonchev–Trinajstić information content (AvgIpc) is 3.22. The van der Waals surface area contributed by atoms with Crippen molar-refractivity contribution in [1.29, 1.82) is 0 Å². The maximum Gasteiger partial charge on any atom is 0.410 e. The van der Waals surface area contributed by atoms with Gasteiger partial charge >= 0.3 is 6.09 Å². The molecular weight excluding hydrogens is 456 g/mol. The highest BCUT2D eigenvalue weighted by atomic mass is 35.5. The summed E-state index contributed by atoms with van der Waals surface area (Å²) in [6.07, 6.45) is 0.712. The zero-order valence-electron chi connectivity index (χ0n) is 20.9. The van der Waals surface area contributed by atoms with Crippen LogP contribution in [0.4, 0.5) is 10.5 Å². The van der Waals surface area contributed by atoms with Gasteiger partial charge in [0.2, 0.25) is 0 Å². The summed E-state index contributed by atoms with van der Waals surface area (Å²) < 4.78 is 5.73. The van der Waals surface area contributed by atoms with Gasteiger partial charge in [-0.05, 0) is 74.4 Å². The van der Waals surface area contributed by atoms with Crippen LogP contribution in [0.1, 0.15) is 31.9 Å². The zero-order chi connectivity index (χ0) is 24.8. The highest BCUT2D eigenvalue weighted by molar-refractivity contribution is 6.30. The first-order valence-electron chi connectivity index (χ1n) is 12.3. The minimum atomic E-state index is -0.507. The molecule has 1 fully saturated rings. The Morgan fingerprint density at radius 2 is 1.46 bits per heavy atom. The highest BCUT2D eigenvalue weighted by Gasteiger charge is 2.38. The number of hydrogen-bond acceptors (Lipinski definition) is 3. The topological polar surface area (TPSA) is 32.8 Å². The fraction of sp³-hybridized carbons (Fsp3) is 0.367. The molecule has 3 aromatic rings. The van der Waals surface area contributed by atoms with E-state index in [1.165, 1.54) is 11.1 Å². The van der Waals surface area contributed by atoms with E-state index < -0.39 is 5.60 Å². The van der Waals surface area contributed by atoms with E-state index in [0.717, 1.165) is 30.2 Å². The summed E-state index contributed by atoms with van der Waals surface area (Å²) in [6.45, 7) is 8.78. The molecule has 35 heavy (non-hydrogen) atoms. The first-order valence-corrected chi connectivity index (χ1v) is 12.7. The summed E-state index contributed by atoms with van der Waals surface area (Å²) in [5.41, 5.74) is 3.18. The Morgan fingerprint density at radius 1 is 0.886 bits per heavy atom. The number of halogens is 1. The van der Waals surface area contributed by atoms with Crippen LogP contribution in [0, 0.1) is 11.8 Å². The van der Waals surface area contributed by atoms with Crippen molar-refractivity contribution in [2.45, 2.75) is 39.3 Å². The predicted octanol–water partition coefficient (Wildman–Crippen LogP) is 7.07. The minimum absolute atomic E-state index is 0.223. The van der Waals surface area contributed by atoms with E-state index >= 15 is 0 Å². The molecule has 0 aliphatic carbocycles. The average molecular weight is 491 g/mol.